The maximum absolute atomic E-state index is 12.0. The predicted octanol–water partition coefficient (Wildman–Crippen LogP) is 3.97. The second-order valence-electron chi connectivity index (χ2n) is 4.72. The molecule has 1 aliphatic rings. The lowest BCUT2D eigenvalue weighted by molar-refractivity contribution is -0.131. The highest BCUT2D eigenvalue weighted by atomic mass is 35.5. The molecule has 96 valence electrons. The summed E-state index contributed by atoms with van der Waals surface area (Å²) in [5, 5.41) is 0.724. The average Bonchev–Trinajstić information content (AvgIpc) is 2.71. The van der Waals surface area contributed by atoms with Crippen molar-refractivity contribution in [3.8, 4) is 0 Å². The molecule has 1 amide bonds. The number of halogens is 1. The lowest BCUT2D eigenvalue weighted by Gasteiger charge is -2.31. The Bertz CT molecular complexity index is 458. The van der Waals surface area contributed by atoms with E-state index in [0.29, 0.717) is 6.42 Å². The number of rotatable bonds is 4. The number of likely N-dealkylation sites (tertiary alicyclic amines) is 1. The zero-order valence-corrected chi connectivity index (χ0v) is 11.4. The average molecular weight is 264 g/mol. The first-order valence-corrected chi connectivity index (χ1v) is 6.69. The van der Waals surface area contributed by atoms with E-state index in [1.165, 1.54) is 0 Å². The van der Waals surface area contributed by atoms with E-state index < -0.39 is 0 Å². The monoisotopic (exact) mass is 263 g/mol. The van der Waals surface area contributed by atoms with E-state index in [4.69, 9.17) is 11.6 Å². The highest BCUT2D eigenvalue weighted by molar-refractivity contribution is 6.31. The second kappa shape index (κ2) is 5.57. The molecule has 0 saturated carbocycles. The predicted molar refractivity (Wildman–Crippen MR) is 74.5 cm³/mol. The minimum Gasteiger partial charge on any atom is -0.333 e. The third kappa shape index (κ3) is 2.44. The maximum Gasteiger partial charge on any atom is 0.223 e. The van der Waals surface area contributed by atoms with Crippen molar-refractivity contribution < 1.29 is 4.79 Å². The van der Waals surface area contributed by atoms with Crippen molar-refractivity contribution in [2.75, 3.05) is 0 Å². The van der Waals surface area contributed by atoms with Gasteiger partial charge in [-0.05, 0) is 31.4 Å². The Labute approximate surface area is 113 Å². The molecule has 1 heterocycles. The normalized spacial score (nSPS) is 21.1. The van der Waals surface area contributed by atoms with E-state index in [9.17, 15) is 4.79 Å². The Balaban J connectivity index is 2.26. The molecule has 1 aromatic carbocycles. The fourth-order valence-corrected chi connectivity index (χ4v) is 2.98. The van der Waals surface area contributed by atoms with Crippen LogP contribution >= 0.6 is 11.6 Å². The number of hydrogen-bond acceptors (Lipinski definition) is 1. The molecule has 2 atom stereocenters. The molecule has 2 rings (SSSR count). The van der Waals surface area contributed by atoms with Gasteiger partial charge < -0.3 is 4.90 Å². The molecule has 18 heavy (non-hydrogen) atoms. The summed E-state index contributed by atoms with van der Waals surface area (Å²) in [6, 6.07) is 8.02. The van der Waals surface area contributed by atoms with E-state index in [1.54, 1.807) is 0 Å². The third-order valence-electron chi connectivity index (χ3n) is 3.58. The Kier molecular flexibility index (Phi) is 4.07. The van der Waals surface area contributed by atoms with Crippen LogP contribution in [0.1, 0.15) is 37.8 Å². The van der Waals surface area contributed by atoms with Crippen molar-refractivity contribution in [3.05, 3.63) is 47.5 Å². The van der Waals surface area contributed by atoms with E-state index in [0.717, 1.165) is 23.4 Å². The van der Waals surface area contributed by atoms with Gasteiger partial charge in [-0.15, -0.1) is 6.58 Å². The highest BCUT2D eigenvalue weighted by Crippen LogP contribution is 2.34. The zero-order valence-electron chi connectivity index (χ0n) is 10.6. The van der Waals surface area contributed by atoms with Gasteiger partial charge in [0.1, 0.15) is 0 Å². The summed E-state index contributed by atoms with van der Waals surface area (Å²) in [6.45, 7) is 5.81. The number of carbonyl (C=O) groups is 1. The molecule has 0 unspecified atom stereocenters. The number of carbonyl (C=O) groups excluding carboxylic acids is 1. The molecule has 1 aromatic rings. The number of benzene rings is 1. The van der Waals surface area contributed by atoms with Gasteiger partial charge in [0.05, 0.1) is 6.04 Å². The molecule has 0 aliphatic carbocycles. The van der Waals surface area contributed by atoms with Gasteiger partial charge in [0.25, 0.3) is 0 Å². The van der Waals surface area contributed by atoms with E-state index in [-0.39, 0.29) is 18.0 Å². The van der Waals surface area contributed by atoms with Crippen molar-refractivity contribution in [1.82, 2.24) is 4.90 Å². The summed E-state index contributed by atoms with van der Waals surface area (Å²) in [5.74, 6) is 0.217. The largest absolute Gasteiger partial charge is 0.333 e. The van der Waals surface area contributed by atoms with Gasteiger partial charge in [-0.25, -0.2) is 0 Å². The van der Waals surface area contributed by atoms with Crippen molar-refractivity contribution >= 4 is 17.5 Å². The minimum atomic E-state index is 0.0265. The van der Waals surface area contributed by atoms with E-state index >= 15 is 0 Å². The summed E-state index contributed by atoms with van der Waals surface area (Å²) >= 11 is 6.21. The van der Waals surface area contributed by atoms with Crippen molar-refractivity contribution in [2.24, 2.45) is 0 Å². The van der Waals surface area contributed by atoms with Crippen molar-refractivity contribution in [2.45, 2.75) is 38.3 Å². The molecular formula is C15H18ClNO. The second-order valence-corrected chi connectivity index (χ2v) is 5.12. The van der Waals surface area contributed by atoms with Crippen LogP contribution in [0, 0.1) is 0 Å². The number of hydrogen-bond donors (Lipinski definition) is 0. The van der Waals surface area contributed by atoms with Gasteiger partial charge in [0, 0.05) is 17.5 Å². The summed E-state index contributed by atoms with van der Waals surface area (Å²) in [4.78, 5) is 14.0. The number of nitrogens with zero attached hydrogens (tertiary/aromatic N) is 1. The summed E-state index contributed by atoms with van der Waals surface area (Å²) in [5.41, 5.74) is 1.02. The van der Waals surface area contributed by atoms with Gasteiger partial charge >= 0.3 is 0 Å². The van der Waals surface area contributed by atoms with Crippen LogP contribution in [0.2, 0.25) is 5.02 Å². The number of amides is 1. The first kappa shape index (κ1) is 13.2. The molecule has 1 aliphatic heterocycles. The molecule has 1 saturated heterocycles. The Morgan fingerprint density at radius 2 is 2.28 bits per heavy atom. The molecule has 3 heteroatoms. The van der Waals surface area contributed by atoms with Gasteiger partial charge in [0.15, 0.2) is 0 Å². The van der Waals surface area contributed by atoms with Crippen LogP contribution in [-0.2, 0) is 4.79 Å². The van der Waals surface area contributed by atoms with Crippen molar-refractivity contribution in [3.63, 3.8) is 0 Å². The van der Waals surface area contributed by atoms with Crippen LogP contribution in [0.15, 0.2) is 36.9 Å². The van der Waals surface area contributed by atoms with Crippen LogP contribution in [-0.4, -0.2) is 16.8 Å². The van der Waals surface area contributed by atoms with Crippen LogP contribution in [0.25, 0.3) is 0 Å². The molecule has 0 N–H and O–H groups in total. The topological polar surface area (TPSA) is 20.3 Å². The fourth-order valence-electron chi connectivity index (χ4n) is 2.68. The smallest absolute Gasteiger partial charge is 0.223 e. The molecule has 1 fully saturated rings. The van der Waals surface area contributed by atoms with Crippen molar-refractivity contribution in [1.29, 1.82) is 0 Å². The Morgan fingerprint density at radius 3 is 2.94 bits per heavy atom. The lowest BCUT2D eigenvalue weighted by atomic mass is 10.0. The first-order chi connectivity index (χ1) is 8.65. The van der Waals surface area contributed by atoms with Crippen LogP contribution < -0.4 is 0 Å². The van der Waals surface area contributed by atoms with Gasteiger partial charge in [-0.3, -0.25) is 4.79 Å². The van der Waals surface area contributed by atoms with Gasteiger partial charge in [-0.2, -0.15) is 0 Å². The maximum atomic E-state index is 12.0. The van der Waals surface area contributed by atoms with Crippen LogP contribution in [0.4, 0.5) is 0 Å². The molecule has 0 bridgehead atoms. The fraction of sp³-hybridized carbons (Fsp3) is 0.400. The molecular weight excluding hydrogens is 246 g/mol. The molecule has 0 radical (unpaired) electrons. The SMILES string of the molecule is C=CC[C@@H]1CCC(=O)N1[C@@H](C)c1ccccc1Cl. The summed E-state index contributed by atoms with van der Waals surface area (Å²) in [6.07, 6.45) is 4.28. The molecule has 0 aromatic heterocycles. The van der Waals surface area contributed by atoms with Gasteiger partial charge in [-0.1, -0.05) is 35.9 Å². The van der Waals surface area contributed by atoms with Crippen LogP contribution in [0.5, 0.6) is 0 Å². The lowest BCUT2D eigenvalue weighted by Crippen LogP contribution is -2.35. The summed E-state index contributed by atoms with van der Waals surface area (Å²) < 4.78 is 0. The Morgan fingerprint density at radius 1 is 1.56 bits per heavy atom. The zero-order chi connectivity index (χ0) is 13.1. The Hall–Kier alpha value is -1.28. The molecule has 2 nitrogen and oxygen atoms in total. The minimum absolute atomic E-state index is 0.0265. The van der Waals surface area contributed by atoms with E-state index in [1.807, 2.05) is 42.2 Å². The summed E-state index contributed by atoms with van der Waals surface area (Å²) in [7, 11) is 0. The van der Waals surface area contributed by atoms with E-state index in [2.05, 4.69) is 6.58 Å². The molecule has 0 spiro atoms. The van der Waals surface area contributed by atoms with Crippen LogP contribution in [0.3, 0.4) is 0 Å². The third-order valence-corrected chi connectivity index (χ3v) is 3.93. The highest BCUT2D eigenvalue weighted by Gasteiger charge is 2.34. The van der Waals surface area contributed by atoms with Gasteiger partial charge in [0.2, 0.25) is 5.91 Å². The quantitative estimate of drug-likeness (QED) is 0.753. The standard InChI is InChI=1S/C15H18ClNO/c1-3-6-12-9-10-15(18)17(12)11(2)13-7-4-5-8-14(13)16/h3-5,7-8,11-12H,1,6,9-10H2,2H3/t11-,12+/m0/s1. The first-order valence-electron chi connectivity index (χ1n) is 6.31.